The number of ether oxygens (including phenoxy) is 3. The Morgan fingerprint density at radius 1 is 0.621 bits per heavy atom. The minimum Gasteiger partial charge on any atom is -0.398 e. The molecule has 172 valence electrons. The topological polar surface area (TPSA) is 44.8 Å². The van der Waals surface area contributed by atoms with Gasteiger partial charge in [-0.3, -0.25) is 4.74 Å². The first-order valence-corrected chi connectivity index (χ1v) is 5.70. The molecule has 0 aromatic carbocycles. The predicted octanol–water partition coefficient (Wildman–Crippen LogP) is 5.17. The van der Waals surface area contributed by atoms with E-state index in [0.29, 0.717) is 0 Å². The fourth-order valence-corrected chi connectivity index (χ4v) is 1.03. The zero-order valence-corrected chi connectivity index (χ0v) is 12.2. The van der Waals surface area contributed by atoms with E-state index in [-0.39, 0.29) is 0 Å². The highest BCUT2D eigenvalue weighted by Gasteiger charge is 2.82. The van der Waals surface area contributed by atoms with E-state index in [1.165, 1.54) is 4.74 Å². The number of alkyl halides is 13. The van der Waals surface area contributed by atoms with Gasteiger partial charge < -0.3 is 9.47 Å². The van der Waals surface area contributed by atoms with Crippen molar-refractivity contribution >= 4 is 5.97 Å². The summed E-state index contributed by atoms with van der Waals surface area (Å²) >= 11 is 0. The molecule has 0 aromatic heterocycles. The maximum absolute atomic E-state index is 13.5. The first kappa shape index (κ1) is 26.9. The minimum absolute atomic E-state index is 1.48. The van der Waals surface area contributed by atoms with Crippen LogP contribution in [0.3, 0.4) is 0 Å². The fraction of sp³-hybridized carbons (Fsp3) is 0.667. The summed E-state index contributed by atoms with van der Waals surface area (Å²) in [5.41, 5.74) is 0. The van der Waals surface area contributed by atoms with E-state index in [0.717, 1.165) is 0 Å². The highest BCUT2D eigenvalue weighted by atomic mass is 19.4. The average Bonchev–Trinajstić information content (AvgIpc) is 2.42. The summed E-state index contributed by atoms with van der Waals surface area (Å²) in [7, 11) is 0. The molecule has 20 heteroatoms. The van der Waals surface area contributed by atoms with Gasteiger partial charge >= 0.3 is 54.6 Å². The second kappa shape index (κ2) is 7.59. The molecule has 0 aliphatic carbocycles. The SMILES string of the molecule is O=C(OC(F)(F)F)C(F)(F)C(F)(F)OC(F)(C(F)(F)F)C(F)(F)OC(F)=C(F)F. The molecule has 0 spiro atoms. The number of rotatable bonds is 7. The lowest BCUT2D eigenvalue weighted by Crippen LogP contribution is -2.64. The van der Waals surface area contributed by atoms with Crippen LogP contribution in [-0.2, 0) is 19.0 Å². The largest absolute Gasteiger partial charge is 0.575 e. The van der Waals surface area contributed by atoms with Gasteiger partial charge in [-0.1, -0.05) is 0 Å². The number of carbonyl (C=O) groups is 1. The van der Waals surface area contributed by atoms with E-state index in [9.17, 15) is 75.0 Å². The maximum Gasteiger partial charge on any atom is 0.575 e. The van der Waals surface area contributed by atoms with Crippen LogP contribution < -0.4 is 0 Å². The predicted molar refractivity (Wildman–Crippen MR) is 49.4 cm³/mol. The van der Waals surface area contributed by atoms with Crippen LogP contribution in [0.25, 0.3) is 0 Å². The molecular weight excluding hydrogens is 476 g/mol. The third-order valence-corrected chi connectivity index (χ3v) is 2.20. The molecule has 0 amide bonds. The number of hydrogen-bond acceptors (Lipinski definition) is 4. The van der Waals surface area contributed by atoms with Crippen LogP contribution in [0.1, 0.15) is 0 Å². The van der Waals surface area contributed by atoms with Crippen molar-refractivity contribution in [2.24, 2.45) is 0 Å². The normalized spacial score (nSPS) is 16.1. The molecule has 0 bridgehead atoms. The average molecular weight is 476 g/mol. The summed E-state index contributed by atoms with van der Waals surface area (Å²) in [6.45, 7) is 0. The van der Waals surface area contributed by atoms with Crippen LogP contribution in [0.5, 0.6) is 0 Å². The van der Waals surface area contributed by atoms with Crippen LogP contribution in [0, 0.1) is 0 Å². The molecule has 0 N–H and O–H groups in total. The van der Waals surface area contributed by atoms with Gasteiger partial charge in [0.1, 0.15) is 0 Å². The van der Waals surface area contributed by atoms with Gasteiger partial charge in [0.25, 0.3) is 0 Å². The van der Waals surface area contributed by atoms with Crippen LogP contribution in [0.15, 0.2) is 12.1 Å². The Kier molecular flexibility index (Phi) is 7.03. The molecular formula is C9F16O4. The monoisotopic (exact) mass is 476 g/mol. The maximum atomic E-state index is 13.5. The molecule has 0 radical (unpaired) electrons. The molecule has 0 aliphatic rings. The van der Waals surface area contributed by atoms with E-state index in [1.807, 2.05) is 4.74 Å². The van der Waals surface area contributed by atoms with E-state index in [2.05, 4.69) is 0 Å². The van der Waals surface area contributed by atoms with E-state index in [1.54, 1.807) is 4.74 Å². The van der Waals surface area contributed by atoms with Crippen molar-refractivity contribution in [3.8, 4) is 0 Å². The molecule has 0 heterocycles. The van der Waals surface area contributed by atoms with Crippen molar-refractivity contribution < 1.29 is 89.3 Å². The Hall–Kier alpha value is -2.15. The number of hydrogen-bond donors (Lipinski definition) is 0. The molecule has 0 aliphatic heterocycles. The molecule has 0 aromatic rings. The van der Waals surface area contributed by atoms with Crippen molar-refractivity contribution in [2.75, 3.05) is 0 Å². The van der Waals surface area contributed by atoms with Crippen LogP contribution in [-0.4, -0.2) is 42.5 Å². The first-order valence-electron chi connectivity index (χ1n) is 5.70. The molecule has 4 nitrogen and oxygen atoms in total. The first-order chi connectivity index (χ1) is 12.4. The van der Waals surface area contributed by atoms with Gasteiger partial charge in [-0.15, -0.1) is 13.2 Å². The van der Waals surface area contributed by atoms with Gasteiger partial charge in [0, 0.05) is 0 Å². The van der Waals surface area contributed by atoms with E-state index in [4.69, 9.17) is 0 Å². The summed E-state index contributed by atoms with van der Waals surface area (Å²) in [5, 5.41) is 0. The summed E-state index contributed by atoms with van der Waals surface area (Å²) in [4.78, 5) is 10.3. The van der Waals surface area contributed by atoms with Gasteiger partial charge in [0.2, 0.25) is 0 Å². The van der Waals surface area contributed by atoms with Crippen molar-refractivity contribution in [1.82, 2.24) is 0 Å². The summed E-state index contributed by atoms with van der Waals surface area (Å²) in [5.74, 6) is -19.3. The standard InChI is InChI=1S/C9F16O4/c10-1(11)2(12)27-8(21,22)5(15,6(16,17)18)29-7(19,20)4(13,14)3(26)28-9(23,24)25. The number of carbonyl (C=O) groups excluding carboxylic acids is 1. The molecule has 0 saturated heterocycles. The zero-order chi connectivity index (χ0) is 23.9. The van der Waals surface area contributed by atoms with Gasteiger partial charge in [0.15, 0.2) is 0 Å². The third kappa shape index (κ3) is 5.69. The van der Waals surface area contributed by atoms with Crippen LogP contribution >= 0.6 is 0 Å². The van der Waals surface area contributed by atoms with Crippen LogP contribution in [0.4, 0.5) is 70.2 Å². The summed E-state index contributed by atoms with van der Waals surface area (Å²) < 4.78 is 204. The lowest BCUT2D eigenvalue weighted by molar-refractivity contribution is -0.514. The van der Waals surface area contributed by atoms with Crippen molar-refractivity contribution in [2.45, 2.75) is 36.5 Å². The van der Waals surface area contributed by atoms with Crippen molar-refractivity contribution in [3.05, 3.63) is 12.1 Å². The van der Waals surface area contributed by atoms with Gasteiger partial charge in [-0.2, -0.15) is 57.1 Å². The number of halogens is 16. The van der Waals surface area contributed by atoms with Gasteiger partial charge in [-0.25, -0.2) is 4.79 Å². The Morgan fingerprint density at radius 2 is 1.03 bits per heavy atom. The molecule has 29 heavy (non-hydrogen) atoms. The second-order valence-corrected chi connectivity index (χ2v) is 4.27. The van der Waals surface area contributed by atoms with E-state index >= 15 is 0 Å². The summed E-state index contributed by atoms with van der Waals surface area (Å²) in [6, 6.07) is -4.02. The Morgan fingerprint density at radius 3 is 1.34 bits per heavy atom. The number of esters is 1. The fourth-order valence-electron chi connectivity index (χ4n) is 1.03. The Bertz CT molecular complexity index is 644. The lowest BCUT2D eigenvalue weighted by atomic mass is 10.2. The minimum atomic E-state index is -7.63. The highest BCUT2D eigenvalue weighted by Crippen LogP contribution is 2.53. The van der Waals surface area contributed by atoms with Crippen molar-refractivity contribution in [3.63, 3.8) is 0 Å². The molecule has 1 unspecified atom stereocenters. The zero-order valence-electron chi connectivity index (χ0n) is 12.2. The van der Waals surface area contributed by atoms with Crippen LogP contribution in [0.2, 0.25) is 0 Å². The molecule has 0 saturated carbocycles. The summed E-state index contributed by atoms with van der Waals surface area (Å²) in [6.07, 6.45) is -33.0. The smallest absolute Gasteiger partial charge is 0.398 e. The van der Waals surface area contributed by atoms with Gasteiger partial charge in [0.05, 0.1) is 0 Å². The lowest BCUT2D eigenvalue weighted by Gasteiger charge is -2.36. The molecule has 1 atom stereocenters. The third-order valence-electron chi connectivity index (χ3n) is 2.20. The Balaban J connectivity index is 6.24. The highest BCUT2D eigenvalue weighted by molar-refractivity contribution is 5.78. The molecule has 0 fully saturated rings. The molecule has 0 rings (SSSR count). The van der Waals surface area contributed by atoms with Gasteiger partial charge in [-0.05, 0) is 0 Å². The Labute approximate surface area is 145 Å². The second-order valence-electron chi connectivity index (χ2n) is 4.27. The van der Waals surface area contributed by atoms with Crippen molar-refractivity contribution in [1.29, 1.82) is 0 Å². The van der Waals surface area contributed by atoms with E-state index < -0.39 is 54.6 Å². The quantitative estimate of drug-likeness (QED) is 0.289.